The molecule has 3 heterocycles. The number of aliphatic hydroxyl groups is 1. The van der Waals surface area contributed by atoms with Crippen molar-refractivity contribution in [3.63, 3.8) is 0 Å². The predicted octanol–water partition coefficient (Wildman–Crippen LogP) is 5.00. The van der Waals surface area contributed by atoms with Crippen LogP contribution in [0.15, 0.2) is 42.5 Å². The number of H-pyrrole nitrogens is 1. The molecule has 3 aromatic carbocycles. The van der Waals surface area contributed by atoms with Gasteiger partial charge in [0.25, 0.3) is 0 Å². The Morgan fingerprint density at radius 3 is 2.59 bits per heavy atom. The Kier molecular flexibility index (Phi) is 9.43. The average Bonchev–Trinajstić information content (AvgIpc) is 3.69. The Morgan fingerprint density at radius 2 is 1.90 bits per heavy atom. The summed E-state index contributed by atoms with van der Waals surface area (Å²) >= 11 is 0. The number of imidazole rings is 1. The van der Waals surface area contributed by atoms with Gasteiger partial charge in [-0.1, -0.05) is 43.6 Å². The molecule has 2 amide bonds. The van der Waals surface area contributed by atoms with Crippen LogP contribution in [0.3, 0.4) is 0 Å². The smallest absolute Gasteiger partial charge is 0.407 e. The number of methoxy groups -OCH3 is 2. The largest absolute Gasteiger partial charge is 0.488 e. The lowest BCUT2D eigenvalue weighted by Gasteiger charge is -2.37. The molecule has 1 saturated heterocycles. The number of hydrogen-bond acceptors (Lipinski definition) is 8. The second-order valence-corrected chi connectivity index (χ2v) is 14.6. The Bertz CT molecular complexity index is 1880. The van der Waals surface area contributed by atoms with Crippen LogP contribution in [0.5, 0.6) is 5.75 Å². The van der Waals surface area contributed by atoms with Gasteiger partial charge in [-0.2, -0.15) is 0 Å². The van der Waals surface area contributed by atoms with Crippen LogP contribution in [0.25, 0.3) is 32.9 Å². The zero-order valence-corrected chi connectivity index (χ0v) is 29.5. The maximum absolute atomic E-state index is 13.9. The summed E-state index contributed by atoms with van der Waals surface area (Å²) in [4.78, 5) is 36.5. The minimum Gasteiger partial charge on any atom is -0.488 e. The second-order valence-electron chi connectivity index (χ2n) is 14.6. The number of alkyl carbamates (subject to hydrolysis) is 1. The molecule has 11 nitrogen and oxygen atoms in total. The molecule has 4 aromatic rings. The highest BCUT2D eigenvalue weighted by Gasteiger charge is 2.42. The number of rotatable bonds is 10. The van der Waals surface area contributed by atoms with Gasteiger partial charge < -0.3 is 39.2 Å². The van der Waals surface area contributed by atoms with Gasteiger partial charge in [0, 0.05) is 30.5 Å². The van der Waals surface area contributed by atoms with Crippen LogP contribution in [0, 0.1) is 11.8 Å². The van der Waals surface area contributed by atoms with Gasteiger partial charge >= 0.3 is 13.6 Å². The van der Waals surface area contributed by atoms with Gasteiger partial charge in [-0.3, -0.25) is 4.79 Å². The molecule has 6 rings (SSSR count). The molecule has 0 bridgehead atoms. The van der Waals surface area contributed by atoms with E-state index in [2.05, 4.69) is 40.6 Å². The Balaban J connectivity index is 1.31. The van der Waals surface area contributed by atoms with Gasteiger partial charge in [-0.15, -0.1) is 0 Å². The van der Waals surface area contributed by atoms with E-state index in [4.69, 9.17) is 23.8 Å². The summed E-state index contributed by atoms with van der Waals surface area (Å²) in [5.41, 5.74) is 3.92. The normalized spacial score (nSPS) is 18.3. The lowest BCUT2D eigenvalue weighted by Crippen LogP contribution is -2.51. The van der Waals surface area contributed by atoms with E-state index in [9.17, 15) is 14.7 Å². The third kappa shape index (κ3) is 6.74. The fraction of sp³-hybridized carbons (Fsp3) is 0.486. The number of aromatic nitrogens is 2. The number of likely N-dealkylation sites (tertiary alicyclic amines) is 1. The maximum Gasteiger partial charge on any atom is 0.407 e. The summed E-state index contributed by atoms with van der Waals surface area (Å²) in [7, 11) is 4.64. The topological polar surface area (TPSA) is 135 Å². The van der Waals surface area contributed by atoms with Crippen LogP contribution in [0.1, 0.15) is 65.4 Å². The minimum atomic E-state index is -1.01. The van der Waals surface area contributed by atoms with Crippen LogP contribution in [-0.2, 0) is 25.5 Å². The molecule has 2 aliphatic heterocycles. The number of aromatic amines is 1. The van der Waals surface area contributed by atoms with E-state index >= 15 is 0 Å². The third-order valence-electron chi connectivity index (χ3n) is 10.1. The number of nitrogens with one attached hydrogen (secondary N) is 2. The highest BCUT2D eigenvalue weighted by Crippen LogP contribution is 2.42. The highest BCUT2D eigenvalue weighted by atomic mass is 16.5. The van der Waals surface area contributed by atoms with E-state index < -0.39 is 23.3 Å². The number of nitrogens with zero attached hydrogens (tertiary/aromatic N) is 2. The summed E-state index contributed by atoms with van der Waals surface area (Å²) in [6, 6.07) is 13.4. The first kappa shape index (κ1) is 34.7. The van der Waals surface area contributed by atoms with Crippen LogP contribution in [-0.4, -0.2) is 84.1 Å². The standard InChI is InChI=1S/C37H46BN4O7/c1-20(2)31(41-35(44)47-8)34(43)42-17-21(18-46-7)13-29(42)33-39-28-12-9-22-15-27-25-11-10-24(38-49-37(5,6)36(3,4)45)14-23(25)19-48-30(27)16-26(22)32(28)40-33/h9-12,14-16,20-21,29,31,45H,13,17-19H2,1-8H3,(H,39,40)(H,41,44)/t21-,29-,31-/m0/s1. The number of benzene rings is 3. The first-order valence-electron chi connectivity index (χ1n) is 16.8. The molecule has 259 valence electrons. The number of carbonyl (C=O) groups is 2. The molecule has 2 aliphatic rings. The van der Waals surface area contributed by atoms with Crippen molar-refractivity contribution in [3.8, 4) is 16.9 Å². The number of carbonyl (C=O) groups excluding carboxylic acids is 2. The second kappa shape index (κ2) is 13.3. The van der Waals surface area contributed by atoms with Crippen LogP contribution in [0.2, 0.25) is 0 Å². The number of hydrogen-bond donors (Lipinski definition) is 3. The number of amides is 2. The van der Waals surface area contributed by atoms with Crippen molar-refractivity contribution in [2.24, 2.45) is 11.8 Å². The third-order valence-corrected chi connectivity index (χ3v) is 10.1. The summed E-state index contributed by atoms with van der Waals surface area (Å²) in [5.74, 6) is 1.27. The van der Waals surface area contributed by atoms with E-state index in [-0.39, 0.29) is 23.8 Å². The molecule has 0 spiro atoms. The van der Waals surface area contributed by atoms with Crippen molar-refractivity contribution in [2.75, 3.05) is 27.4 Å². The van der Waals surface area contributed by atoms with Crippen LogP contribution in [0.4, 0.5) is 4.79 Å². The Morgan fingerprint density at radius 1 is 1.12 bits per heavy atom. The summed E-state index contributed by atoms with van der Waals surface area (Å²) in [5, 5.41) is 15.2. The predicted molar refractivity (Wildman–Crippen MR) is 189 cm³/mol. The van der Waals surface area contributed by atoms with Gasteiger partial charge in [0.2, 0.25) is 5.91 Å². The van der Waals surface area contributed by atoms with Gasteiger partial charge in [0.1, 0.15) is 24.2 Å². The first-order valence-corrected chi connectivity index (χ1v) is 16.8. The number of ether oxygens (including phenoxy) is 3. The fourth-order valence-electron chi connectivity index (χ4n) is 6.58. The van der Waals surface area contributed by atoms with Crippen molar-refractivity contribution in [3.05, 3.63) is 53.9 Å². The molecule has 1 radical (unpaired) electrons. The molecule has 0 unspecified atom stereocenters. The van der Waals surface area contributed by atoms with Crippen molar-refractivity contribution in [1.29, 1.82) is 0 Å². The molecular weight excluding hydrogens is 623 g/mol. The molecule has 3 N–H and O–H groups in total. The molecule has 1 fully saturated rings. The van der Waals surface area contributed by atoms with E-state index in [0.29, 0.717) is 32.0 Å². The lowest BCUT2D eigenvalue weighted by molar-refractivity contribution is -0.135. The van der Waals surface area contributed by atoms with Crippen LogP contribution < -0.4 is 15.5 Å². The summed E-state index contributed by atoms with van der Waals surface area (Å²) in [6.07, 6.45) is 0.0358. The van der Waals surface area contributed by atoms with Crippen molar-refractivity contribution >= 4 is 46.8 Å². The fourth-order valence-corrected chi connectivity index (χ4v) is 6.58. The minimum absolute atomic E-state index is 0.119. The lowest BCUT2D eigenvalue weighted by atomic mass is 9.80. The zero-order chi connectivity index (χ0) is 35.2. The average molecular weight is 670 g/mol. The Labute approximate surface area is 287 Å². The van der Waals surface area contributed by atoms with E-state index in [1.165, 1.54) is 7.11 Å². The van der Waals surface area contributed by atoms with Gasteiger partial charge in [0.05, 0.1) is 42.0 Å². The molecular formula is C37H46BN4O7. The zero-order valence-electron chi connectivity index (χ0n) is 29.5. The summed E-state index contributed by atoms with van der Waals surface area (Å²) < 4.78 is 22.6. The SMILES string of the molecule is COC[C@H]1C[C@@H](c2nc3c(ccc4cc5c(cc43)OCc3cc([B]OC(C)(C)C(C)(C)O)ccc3-5)[nH]2)N(C(=O)[C@@H](NC(=O)OC)C(C)C)C1. The maximum atomic E-state index is 13.9. The Hall–Kier alpha value is -4.13. The molecule has 0 saturated carbocycles. The molecule has 1 aromatic heterocycles. The van der Waals surface area contributed by atoms with Gasteiger partial charge in [0.15, 0.2) is 0 Å². The van der Waals surface area contributed by atoms with E-state index in [1.807, 2.05) is 44.7 Å². The van der Waals surface area contributed by atoms with Gasteiger partial charge in [-0.25, -0.2) is 9.78 Å². The summed E-state index contributed by atoms with van der Waals surface area (Å²) in [6.45, 7) is 12.4. The molecule has 49 heavy (non-hydrogen) atoms. The molecule has 0 aliphatic carbocycles. The first-order chi connectivity index (χ1) is 23.2. The molecule has 3 atom stereocenters. The van der Waals surface area contributed by atoms with Crippen molar-refractivity contribution in [1.82, 2.24) is 20.2 Å². The van der Waals surface area contributed by atoms with Gasteiger partial charge in [-0.05, 0) is 74.7 Å². The van der Waals surface area contributed by atoms with E-state index in [1.54, 1.807) is 28.4 Å². The highest BCUT2D eigenvalue weighted by molar-refractivity contribution is 6.47. The monoisotopic (exact) mass is 669 g/mol. The van der Waals surface area contributed by atoms with E-state index in [0.717, 1.165) is 49.7 Å². The number of fused-ring (bicyclic) bond motifs is 6. The van der Waals surface area contributed by atoms with Crippen molar-refractivity contribution in [2.45, 2.75) is 77.9 Å². The van der Waals surface area contributed by atoms with Crippen molar-refractivity contribution < 1.29 is 33.6 Å². The molecule has 12 heteroatoms. The van der Waals surface area contributed by atoms with Crippen LogP contribution >= 0.6 is 0 Å². The quantitative estimate of drug-likeness (QED) is 0.201.